The lowest BCUT2D eigenvalue weighted by atomic mass is 9.86. The van der Waals surface area contributed by atoms with E-state index < -0.39 is 11.5 Å². The summed E-state index contributed by atoms with van der Waals surface area (Å²) in [6.45, 7) is 3.98. The quantitative estimate of drug-likeness (QED) is 0.330. The van der Waals surface area contributed by atoms with E-state index in [-0.39, 0.29) is 18.1 Å². The van der Waals surface area contributed by atoms with Crippen LogP contribution in [0, 0.1) is 5.82 Å². The van der Waals surface area contributed by atoms with Gasteiger partial charge in [-0.2, -0.15) is 4.98 Å². The Kier molecular flexibility index (Phi) is 6.41. The molecule has 2 heterocycles. The Balaban J connectivity index is 1.73. The van der Waals surface area contributed by atoms with Gasteiger partial charge < -0.3 is 14.6 Å². The molecule has 1 N–H and O–H groups in total. The minimum absolute atomic E-state index is 0.111. The van der Waals surface area contributed by atoms with Crippen molar-refractivity contribution < 1.29 is 13.9 Å². The molecule has 0 saturated heterocycles. The molecular formula is C24H22FN3O3S. The molecule has 3 aromatic rings. The van der Waals surface area contributed by atoms with E-state index in [9.17, 15) is 14.0 Å². The first kappa shape index (κ1) is 21.8. The van der Waals surface area contributed by atoms with Crippen molar-refractivity contribution in [2.24, 2.45) is 7.05 Å². The highest BCUT2D eigenvalue weighted by molar-refractivity contribution is 7.98. The molecule has 32 heavy (non-hydrogen) atoms. The molecule has 2 aromatic carbocycles. The molecule has 1 atom stereocenters. The van der Waals surface area contributed by atoms with Crippen LogP contribution < -0.4 is 15.6 Å². The molecule has 0 radical (unpaired) electrons. The molecule has 0 bridgehead atoms. The number of benzene rings is 2. The predicted octanol–water partition coefficient (Wildman–Crippen LogP) is 4.25. The fraction of sp³-hybridized carbons (Fsp3) is 0.208. The second-order valence-corrected chi connectivity index (χ2v) is 8.29. The van der Waals surface area contributed by atoms with E-state index in [1.165, 1.54) is 17.8 Å². The molecule has 1 amide bonds. The molecule has 4 rings (SSSR count). The number of nitrogens with one attached hydrogen (secondary N) is 1. The predicted molar refractivity (Wildman–Crippen MR) is 123 cm³/mol. The number of nitrogens with zero attached hydrogens (tertiary/aromatic N) is 2. The number of aromatic nitrogens is 2. The van der Waals surface area contributed by atoms with Crippen LogP contribution >= 0.6 is 11.8 Å². The summed E-state index contributed by atoms with van der Waals surface area (Å²) in [6.07, 6.45) is 1.75. The fourth-order valence-electron chi connectivity index (χ4n) is 3.74. The zero-order chi connectivity index (χ0) is 22.7. The smallest absolute Gasteiger partial charge is 0.279 e. The number of halogens is 1. The Hall–Kier alpha value is -3.39. The Morgan fingerprint density at radius 1 is 1.25 bits per heavy atom. The molecule has 1 aromatic heterocycles. The zero-order valence-electron chi connectivity index (χ0n) is 17.5. The number of para-hydroxylation sites is 1. The molecule has 0 saturated carbocycles. The number of ether oxygens (including phenoxy) is 1. The molecule has 164 valence electrons. The van der Waals surface area contributed by atoms with Crippen LogP contribution in [-0.2, 0) is 17.6 Å². The van der Waals surface area contributed by atoms with E-state index in [2.05, 4.69) is 16.9 Å². The number of hydrogen-bond acceptors (Lipinski definition) is 5. The summed E-state index contributed by atoms with van der Waals surface area (Å²) in [6, 6.07) is 13.8. The average molecular weight is 452 g/mol. The molecular weight excluding hydrogens is 429 g/mol. The van der Waals surface area contributed by atoms with Gasteiger partial charge in [0.25, 0.3) is 5.56 Å². The number of amides is 1. The zero-order valence-corrected chi connectivity index (χ0v) is 18.3. The van der Waals surface area contributed by atoms with E-state index in [1.54, 1.807) is 35.9 Å². The third kappa shape index (κ3) is 4.31. The molecule has 0 spiro atoms. The maximum absolute atomic E-state index is 14.0. The van der Waals surface area contributed by atoms with E-state index in [4.69, 9.17) is 4.74 Å². The van der Waals surface area contributed by atoms with Crippen molar-refractivity contribution in [3.8, 4) is 5.75 Å². The molecule has 8 heteroatoms. The minimum Gasteiger partial charge on any atom is -0.489 e. The number of hydrogen-bond donors (Lipinski definition) is 1. The minimum atomic E-state index is -0.489. The van der Waals surface area contributed by atoms with Gasteiger partial charge in [0.1, 0.15) is 24.0 Å². The lowest BCUT2D eigenvalue weighted by molar-refractivity contribution is -0.116. The van der Waals surface area contributed by atoms with Crippen molar-refractivity contribution in [2.75, 3.05) is 11.9 Å². The molecule has 0 aliphatic carbocycles. The van der Waals surface area contributed by atoms with Gasteiger partial charge in [-0.3, -0.25) is 9.59 Å². The molecule has 1 aliphatic heterocycles. The van der Waals surface area contributed by atoms with E-state index in [1.807, 2.05) is 24.3 Å². The van der Waals surface area contributed by atoms with Crippen LogP contribution in [-0.4, -0.2) is 22.1 Å². The van der Waals surface area contributed by atoms with Crippen molar-refractivity contribution in [1.82, 2.24) is 9.55 Å². The summed E-state index contributed by atoms with van der Waals surface area (Å²) >= 11 is 1.24. The number of anilines is 1. The van der Waals surface area contributed by atoms with Gasteiger partial charge in [-0.15, -0.1) is 0 Å². The van der Waals surface area contributed by atoms with E-state index in [0.717, 1.165) is 5.56 Å². The van der Waals surface area contributed by atoms with Crippen molar-refractivity contribution >= 4 is 23.5 Å². The Labute approximate surface area is 189 Å². The van der Waals surface area contributed by atoms with Gasteiger partial charge in [0.2, 0.25) is 5.91 Å². The lowest BCUT2D eigenvalue weighted by Crippen LogP contribution is -2.33. The number of fused-ring (bicyclic) bond motifs is 1. The first-order valence-corrected chi connectivity index (χ1v) is 11.1. The van der Waals surface area contributed by atoms with Crippen LogP contribution in [0.1, 0.15) is 29.0 Å². The van der Waals surface area contributed by atoms with Gasteiger partial charge >= 0.3 is 0 Å². The summed E-state index contributed by atoms with van der Waals surface area (Å²) in [4.78, 5) is 29.9. The van der Waals surface area contributed by atoms with Crippen LogP contribution in [0.5, 0.6) is 5.75 Å². The monoisotopic (exact) mass is 451 g/mol. The summed E-state index contributed by atoms with van der Waals surface area (Å²) in [5.41, 5.74) is 1.26. The third-order valence-electron chi connectivity index (χ3n) is 5.27. The Morgan fingerprint density at radius 2 is 2.00 bits per heavy atom. The Bertz CT molecular complexity index is 1240. The maximum atomic E-state index is 14.0. The second-order valence-electron chi connectivity index (χ2n) is 7.34. The van der Waals surface area contributed by atoms with Gasteiger partial charge in [0, 0.05) is 30.7 Å². The van der Waals surface area contributed by atoms with Gasteiger partial charge in [-0.25, -0.2) is 4.39 Å². The lowest BCUT2D eigenvalue weighted by Gasteiger charge is -2.28. The van der Waals surface area contributed by atoms with Gasteiger partial charge in [0.05, 0.1) is 5.56 Å². The second kappa shape index (κ2) is 9.40. The standard InChI is InChI=1S/C24H22FN3O3S/c1-3-12-31-19-11-7-5-9-16(19)17-13-20(29)26-22-21(17)23(30)27-24(28(22)2)32-14-15-8-4-6-10-18(15)25/h3-11,17H,1,12-14H2,2H3,(H,26,29)/t17-/m0/s1. The fourth-order valence-corrected chi connectivity index (χ4v) is 4.69. The molecule has 6 nitrogen and oxygen atoms in total. The summed E-state index contributed by atoms with van der Waals surface area (Å²) in [5, 5.41) is 3.22. The van der Waals surface area contributed by atoms with E-state index in [0.29, 0.717) is 40.2 Å². The summed E-state index contributed by atoms with van der Waals surface area (Å²) in [7, 11) is 1.73. The van der Waals surface area contributed by atoms with Gasteiger partial charge in [0.15, 0.2) is 5.16 Å². The van der Waals surface area contributed by atoms with Gasteiger partial charge in [-0.1, -0.05) is 60.8 Å². The van der Waals surface area contributed by atoms with Crippen molar-refractivity contribution in [2.45, 2.75) is 23.2 Å². The Morgan fingerprint density at radius 3 is 2.78 bits per heavy atom. The number of thioether (sulfide) groups is 1. The highest BCUT2D eigenvalue weighted by atomic mass is 32.2. The summed E-state index contributed by atoms with van der Waals surface area (Å²) < 4.78 is 21.4. The molecule has 0 unspecified atom stereocenters. The van der Waals surface area contributed by atoms with Crippen LogP contribution in [0.3, 0.4) is 0 Å². The number of carbonyl (C=O) groups is 1. The first-order valence-electron chi connectivity index (χ1n) is 10.1. The third-order valence-corrected chi connectivity index (χ3v) is 6.35. The SMILES string of the molecule is C=CCOc1ccccc1[C@@H]1CC(=O)Nc2c1c(=O)nc(SCc1ccccc1F)n2C. The van der Waals surface area contributed by atoms with Crippen LogP contribution in [0.2, 0.25) is 0 Å². The van der Waals surface area contributed by atoms with Gasteiger partial charge in [-0.05, 0) is 17.7 Å². The largest absolute Gasteiger partial charge is 0.489 e. The molecule has 1 aliphatic rings. The topological polar surface area (TPSA) is 73.2 Å². The molecule has 0 fully saturated rings. The highest BCUT2D eigenvalue weighted by Crippen LogP contribution is 2.39. The van der Waals surface area contributed by atoms with Crippen LogP contribution in [0.15, 0.2) is 71.1 Å². The maximum Gasteiger partial charge on any atom is 0.279 e. The normalized spacial score (nSPS) is 15.1. The van der Waals surface area contributed by atoms with Crippen molar-refractivity contribution in [1.29, 1.82) is 0 Å². The van der Waals surface area contributed by atoms with E-state index >= 15 is 0 Å². The number of carbonyl (C=O) groups excluding carboxylic acids is 1. The van der Waals surface area contributed by atoms with Crippen molar-refractivity contribution in [3.05, 3.63) is 94.0 Å². The first-order chi connectivity index (χ1) is 15.5. The summed E-state index contributed by atoms with van der Waals surface area (Å²) in [5.74, 6) is 0.302. The average Bonchev–Trinajstić information content (AvgIpc) is 2.79. The number of rotatable bonds is 7. The highest BCUT2D eigenvalue weighted by Gasteiger charge is 2.33. The van der Waals surface area contributed by atoms with Crippen molar-refractivity contribution in [3.63, 3.8) is 0 Å². The van der Waals surface area contributed by atoms with Crippen LogP contribution in [0.25, 0.3) is 0 Å². The van der Waals surface area contributed by atoms with Crippen LogP contribution in [0.4, 0.5) is 10.2 Å².